The lowest BCUT2D eigenvalue weighted by atomic mass is 9.99. The topological polar surface area (TPSA) is 97.4 Å². The first-order valence-corrected chi connectivity index (χ1v) is 11.2. The van der Waals surface area contributed by atoms with Crippen LogP contribution in [0.1, 0.15) is 32.1 Å². The van der Waals surface area contributed by atoms with Crippen LogP contribution in [-0.2, 0) is 29.2 Å². The highest BCUT2D eigenvalue weighted by Crippen LogP contribution is 2.33. The van der Waals surface area contributed by atoms with Crippen molar-refractivity contribution >= 4 is 16.1 Å². The third kappa shape index (κ3) is 4.99. The fourth-order valence-corrected chi connectivity index (χ4v) is 5.64. The standard InChI is InChI=1S/C17H31N3O6S/c1-24-11-3-7-18-16(21)15-4-2-8-20(14-15)27(22,23)19-9-5-17(6-10-19)25-12-13-26-17/h15H,2-14H2,1H3,(H,18,21)/t15-/m1/s1. The van der Waals surface area contributed by atoms with E-state index in [0.717, 1.165) is 6.42 Å². The number of rotatable bonds is 7. The minimum atomic E-state index is -3.57. The molecule has 0 aromatic rings. The second-order valence-corrected chi connectivity index (χ2v) is 9.28. The van der Waals surface area contributed by atoms with E-state index in [0.29, 0.717) is 71.7 Å². The van der Waals surface area contributed by atoms with Crippen molar-refractivity contribution in [3.05, 3.63) is 0 Å². The maximum atomic E-state index is 13.0. The van der Waals surface area contributed by atoms with Gasteiger partial charge in [0.2, 0.25) is 5.91 Å². The summed E-state index contributed by atoms with van der Waals surface area (Å²) in [5.41, 5.74) is 0. The fraction of sp³-hybridized carbons (Fsp3) is 0.941. The van der Waals surface area contributed by atoms with Crippen LogP contribution in [0.4, 0.5) is 0 Å². The number of ether oxygens (including phenoxy) is 3. The van der Waals surface area contributed by atoms with Gasteiger partial charge in [-0.2, -0.15) is 17.0 Å². The van der Waals surface area contributed by atoms with Crippen LogP contribution >= 0.6 is 0 Å². The predicted octanol–water partition coefficient (Wildman–Crippen LogP) is -0.0652. The molecule has 10 heteroatoms. The summed E-state index contributed by atoms with van der Waals surface area (Å²) in [6, 6.07) is 0. The molecule has 0 unspecified atom stereocenters. The lowest BCUT2D eigenvalue weighted by molar-refractivity contribution is -0.179. The van der Waals surface area contributed by atoms with Gasteiger partial charge in [-0.3, -0.25) is 4.79 Å². The second-order valence-electron chi connectivity index (χ2n) is 7.35. The molecular formula is C17H31N3O6S. The maximum absolute atomic E-state index is 13.0. The minimum Gasteiger partial charge on any atom is -0.385 e. The summed E-state index contributed by atoms with van der Waals surface area (Å²) in [5.74, 6) is -0.969. The first kappa shape index (κ1) is 20.9. The molecule has 156 valence electrons. The van der Waals surface area contributed by atoms with E-state index in [1.165, 1.54) is 8.61 Å². The Morgan fingerprint density at radius 3 is 2.56 bits per heavy atom. The molecule has 9 nitrogen and oxygen atoms in total. The van der Waals surface area contributed by atoms with Gasteiger partial charge in [0.1, 0.15) is 0 Å². The smallest absolute Gasteiger partial charge is 0.282 e. The van der Waals surface area contributed by atoms with E-state index >= 15 is 0 Å². The average Bonchev–Trinajstić information content (AvgIpc) is 3.13. The van der Waals surface area contributed by atoms with Gasteiger partial charge in [0.05, 0.1) is 19.1 Å². The van der Waals surface area contributed by atoms with E-state index in [2.05, 4.69) is 5.32 Å². The Morgan fingerprint density at radius 2 is 1.89 bits per heavy atom. The maximum Gasteiger partial charge on any atom is 0.282 e. The molecule has 0 bridgehead atoms. The first-order valence-electron chi connectivity index (χ1n) is 9.77. The molecule has 0 aromatic carbocycles. The lowest BCUT2D eigenvalue weighted by Gasteiger charge is -2.40. The molecule has 3 heterocycles. The highest BCUT2D eigenvalue weighted by Gasteiger charge is 2.44. The van der Waals surface area contributed by atoms with Crippen LogP contribution in [0.15, 0.2) is 0 Å². The number of hydrogen-bond donors (Lipinski definition) is 1. The van der Waals surface area contributed by atoms with Crippen LogP contribution in [-0.4, -0.2) is 88.4 Å². The highest BCUT2D eigenvalue weighted by atomic mass is 32.2. The lowest BCUT2D eigenvalue weighted by Crippen LogP contribution is -2.54. The summed E-state index contributed by atoms with van der Waals surface area (Å²) >= 11 is 0. The molecular weight excluding hydrogens is 374 g/mol. The van der Waals surface area contributed by atoms with Gasteiger partial charge in [0.25, 0.3) is 10.2 Å². The monoisotopic (exact) mass is 405 g/mol. The van der Waals surface area contributed by atoms with Gasteiger partial charge in [-0.05, 0) is 19.3 Å². The number of nitrogens with zero attached hydrogens (tertiary/aromatic N) is 2. The Hall–Kier alpha value is -0.780. The van der Waals surface area contributed by atoms with Crippen LogP contribution in [0.2, 0.25) is 0 Å². The van der Waals surface area contributed by atoms with Gasteiger partial charge < -0.3 is 19.5 Å². The molecule has 1 N–H and O–H groups in total. The summed E-state index contributed by atoms with van der Waals surface area (Å²) in [6.45, 7) is 3.75. The highest BCUT2D eigenvalue weighted by molar-refractivity contribution is 7.86. The number of hydrogen-bond acceptors (Lipinski definition) is 6. The zero-order valence-electron chi connectivity index (χ0n) is 16.0. The van der Waals surface area contributed by atoms with Gasteiger partial charge >= 0.3 is 0 Å². The van der Waals surface area contributed by atoms with Crippen molar-refractivity contribution in [2.75, 3.05) is 59.7 Å². The summed E-state index contributed by atoms with van der Waals surface area (Å²) in [7, 11) is -1.95. The van der Waals surface area contributed by atoms with E-state index in [9.17, 15) is 13.2 Å². The minimum absolute atomic E-state index is 0.0728. The molecule has 0 aliphatic carbocycles. The number of amides is 1. The Labute approximate surface area is 161 Å². The van der Waals surface area contributed by atoms with Crippen molar-refractivity contribution < 1.29 is 27.4 Å². The molecule has 3 fully saturated rings. The Kier molecular flexibility index (Phi) is 7.09. The molecule has 3 rings (SSSR count). The third-order valence-electron chi connectivity index (χ3n) is 5.53. The average molecular weight is 406 g/mol. The number of methoxy groups -OCH3 is 1. The molecule has 3 aliphatic heterocycles. The van der Waals surface area contributed by atoms with Crippen molar-refractivity contribution in [3.63, 3.8) is 0 Å². The quantitative estimate of drug-likeness (QED) is 0.596. The number of nitrogens with one attached hydrogen (secondary N) is 1. The van der Waals surface area contributed by atoms with Crippen LogP contribution in [0.5, 0.6) is 0 Å². The normalized spacial score (nSPS) is 27.1. The van der Waals surface area contributed by atoms with E-state index in [4.69, 9.17) is 14.2 Å². The summed E-state index contributed by atoms with van der Waals surface area (Å²) in [6.07, 6.45) is 3.25. The fourth-order valence-electron chi connectivity index (χ4n) is 3.95. The summed E-state index contributed by atoms with van der Waals surface area (Å²) in [5, 5.41) is 2.88. The molecule has 3 saturated heterocycles. The van der Waals surface area contributed by atoms with Gasteiger partial charge in [0, 0.05) is 59.3 Å². The summed E-state index contributed by atoms with van der Waals surface area (Å²) in [4.78, 5) is 12.4. The Bertz CT molecular complexity index is 598. The molecule has 27 heavy (non-hydrogen) atoms. The number of carbonyl (C=O) groups is 1. The zero-order chi connectivity index (χ0) is 19.3. The Morgan fingerprint density at radius 1 is 1.19 bits per heavy atom. The van der Waals surface area contributed by atoms with Crippen molar-refractivity contribution in [1.82, 2.24) is 13.9 Å². The molecule has 1 amide bonds. The van der Waals surface area contributed by atoms with Gasteiger partial charge in [-0.1, -0.05) is 0 Å². The van der Waals surface area contributed by atoms with Gasteiger partial charge in [0.15, 0.2) is 5.79 Å². The first-order chi connectivity index (χ1) is 13.0. The second kappa shape index (κ2) is 9.15. The van der Waals surface area contributed by atoms with Gasteiger partial charge in [-0.25, -0.2) is 0 Å². The van der Waals surface area contributed by atoms with Crippen molar-refractivity contribution in [3.8, 4) is 0 Å². The molecule has 0 saturated carbocycles. The van der Waals surface area contributed by atoms with E-state index < -0.39 is 16.0 Å². The van der Waals surface area contributed by atoms with E-state index in [-0.39, 0.29) is 18.4 Å². The SMILES string of the molecule is COCCCNC(=O)[C@@H]1CCCN(S(=O)(=O)N2CCC3(CC2)OCCO3)C1. The molecule has 3 aliphatic rings. The van der Waals surface area contributed by atoms with E-state index in [1.807, 2.05) is 0 Å². The van der Waals surface area contributed by atoms with Crippen molar-refractivity contribution in [1.29, 1.82) is 0 Å². The molecule has 1 spiro atoms. The van der Waals surface area contributed by atoms with Gasteiger partial charge in [-0.15, -0.1) is 0 Å². The molecule has 1 atom stereocenters. The zero-order valence-corrected chi connectivity index (χ0v) is 16.8. The van der Waals surface area contributed by atoms with Crippen LogP contribution in [0, 0.1) is 5.92 Å². The van der Waals surface area contributed by atoms with Crippen LogP contribution in [0.25, 0.3) is 0 Å². The summed E-state index contributed by atoms with van der Waals surface area (Å²) < 4.78 is 45.3. The number of piperidine rings is 2. The van der Waals surface area contributed by atoms with Crippen molar-refractivity contribution in [2.24, 2.45) is 5.92 Å². The molecule has 0 aromatic heterocycles. The van der Waals surface area contributed by atoms with Crippen LogP contribution in [0.3, 0.4) is 0 Å². The van der Waals surface area contributed by atoms with Crippen LogP contribution < -0.4 is 5.32 Å². The van der Waals surface area contributed by atoms with Crippen molar-refractivity contribution in [2.45, 2.75) is 37.9 Å². The van der Waals surface area contributed by atoms with E-state index in [1.54, 1.807) is 7.11 Å². The predicted molar refractivity (Wildman–Crippen MR) is 98.2 cm³/mol. The number of carbonyl (C=O) groups excluding carboxylic acids is 1. The Balaban J connectivity index is 1.52. The third-order valence-corrected chi connectivity index (χ3v) is 7.53. The molecule has 0 radical (unpaired) electrons. The largest absolute Gasteiger partial charge is 0.385 e.